The topological polar surface area (TPSA) is 86.7 Å². The van der Waals surface area contributed by atoms with E-state index in [1.807, 2.05) is 20.8 Å². The summed E-state index contributed by atoms with van der Waals surface area (Å²) in [6.45, 7) is 7.87. The third-order valence-corrected chi connectivity index (χ3v) is 3.26. The molecule has 0 aliphatic carbocycles. The molecule has 20 heavy (non-hydrogen) atoms. The number of aliphatic carboxylic acids is 1. The summed E-state index contributed by atoms with van der Waals surface area (Å²) in [6, 6.07) is -1.45. The van der Waals surface area contributed by atoms with Crippen molar-refractivity contribution in [2.75, 3.05) is 6.54 Å². The Bertz CT molecular complexity index is 400. The summed E-state index contributed by atoms with van der Waals surface area (Å²) in [6.07, 6.45) is 1.49. The van der Waals surface area contributed by atoms with Gasteiger partial charge in [0.05, 0.1) is 0 Å². The van der Waals surface area contributed by atoms with E-state index in [4.69, 9.17) is 5.11 Å². The number of carboxylic acids is 1. The van der Waals surface area contributed by atoms with E-state index < -0.39 is 18.1 Å². The molecule has 0 saturated carbocycles. The molecule has 2 N–H and O–H groups in total. The van der Waals surface area contributed by atoms with Gasteiger partial charge in [0, 0.05) is 13.0 Å². The van der Waals surface area contributed by atoms with Gasteiger partial charge < -0.3 is 15.3 Å². The average molecular weight is 284 g/mol. The minimum Gasteiger partial charge on any atom is -0.480 e. The van der Waals surface area contributed by atoms with E-state index in [0.29, 0.717) is 25.8 Å². The summed E-state index contributed by atoms with van der Waals surface area (Å²) in [5.41, 5.74) is -0.149. The van der Waals surface area contributed by atoms with Gasteiger partial charge in [0.25, 0.3) is 0 Å². The van der Waals surface area contributed by atoms with Gasteiger partial charge in [0.1, 0.15) is 12.1 Å². The van der Waals surface area contributed by atoms with Crippen molar-refractivity contribution in [2.45, 2.75) is 59.0 Å². The molecular formula is C14H24N2O4. The molecule has 0 spiro atoms. The number of hydrogen-bond donors (Lipinski definition) is 2. The zero-order chi connectivity index (χ0) is 15.5. The zero-order valence-electron chi connectivity index (χ0n) is 12.6. The first-order valence-electron chi connectivity index (χ1n) is 6.94. The van der Waals surface area contributed by atoms with Gasteiger partial charge in [-0.1, -0.05) is 20.8 Å². The molecule has 2 atom stereocenters. The van der Waals surface area contributed by atoms with Crippen LogP contribution in [0.3, 0.4) is 0 Å². The van der Waals surface area contributed by atoms with Gasteiger partial charge in [0.15, 0.2) is 0 Å². The van der Waals surface area contributed by atoms with Gasteiger partial charge in [-0.2, -0.15) is 0 Å². The molecule has 0 aromatic rings. The predicted octanol–water partition coefficient (Wildman–Crippen LogP) is 1.00. The first-order chi connectivity index (χ1) is 9.11. The molecular weight excluding hydrogens is 260 g/mol. The largest absolute Gasteiger partial charge is 0.480 e. The highest BCUT2D eigenvalue weighted by Gasteiger charge is 2.36. The minimum absolute atomic E-state index is 0.149. The standard InChI is InChI=1S/C14H24N2O4/c1-9(15-11(17)8-14(2,3)4)12(18)16-7-5-6-10(16)13(19)20/h9-10H,5-8H2,1-4H3,(H,15,17)(H,19,20)/t9?,10-/m1/s1. The summed E-state index contributed by atoms with van der Waals surface area (Å²) in [7, 11) is 0. The van der Waals surface area contributed by atoms with Crippen LogP contribution < -0.4 is 5.32 Å². The van der Waals surface area contributed by atoms with Crippen molar-refractivity contribution >= 4 is 17.8 Å². The third-order valence-electron chi connectivity index (χ3n) is 3.26. The molecule has 1 rings (SSSR count). The summed E-state index contributed by atoms with van der Waals surface area (Å²) in [5.74, 6) is -1.49. The lowest BCUT2D eigenvalue weighted by Gasteiger charge is -2.26. The van der Waals surface area contributed by atoms with Crippen LogP contribution in [0.5, 0.6) is 0 Å². The van der Waals surface area contributed by atoms with Crippen LogP contribution in [0, 0.1) is 5.41 Å². The molecule has 1 aliphatic rings. The molecule has 1 fully saturated rings. The SMILES string of the molecule is CC(NC(=O)CC(C)(C)C)C(=O)N1CCC[C@@H]1C(=O)O. The summed E-state index contributed by atoms with van der Waals surface area (Å²) in [5, 5.41) is 11.7. The van der Waals surface area contributed by atoms with Gasteiger partial charge in [0.2, 0.25) is 11.8 Å². The fraction of sp³-hybridized carbons (Fsp3) is 0.786. The summed E-state index contributed by atoms with van der Waals surface area (Å²) >= 11 is 0. The van der Waals surface area contributed by atoms with E-state index in [-0.39, 0.29) is 17.2 Å². The Labute approximate surface area is 119 Å². The number of carboxylic acid groups (broad SMARTS) is 1. The number of hydrogen-bond acceptors (Lipinski definition) is 3. The maximum Gasteiger partial charge on any atom is 0.326 e. The second-order valence-corrected chi connectivity index (χ2v) is 6.55. The summed E-state index contributed by atoms with van der Waals surface area (Å²) < 4.78 is 0. The first-order valence-corrected chi connectivity index (χ1v) is 6.94. The average Bonchev–Trinajstić information content (AvgIpc) is 2.73. The Morgan fingerprint density at radius 1 is 1.35 bits per heavy atom. The molecule has 1 saturated heterocycles. The molecule has 1 unspecified atom stereocenters. The van der Waals surface area contributed by atoms with Crippen molar-refractivity contribution in [3.05, 3.63) is 0 Å². The van der Waals surface area contributed by atoms with Crippen molar-refractivity contribution in [1.29, 1.82) is 0 Å². The highest BCUT2D eigenvalue weighted by Crippen LogP contribution is 2.20. The van der Waals surface area contributed by atoms with Crippen LogP contribution in [0.1, 0.15) is 47.0 Å². The number of rotatable bonds is 4. The molecule has 114 valence electrons. The maximum atomic E-state index is 12.2. The lowest BCUT2D eigenvalue weighted by atomic mass is 9.92. The van der Waals surface area contributed by atoms with E-state index in [1.54, 1.807) is 6.92 Å². The second-order valence-electron chi connectivity index (χ2n) is 6.55. The van der Waals surface area contributed by atoms with Crippen LogP contribution in [0.15, 0.2) is 0 Å². The van der Waals surface area contributed by atoms with Crippen LogP contribution >= 0.6 is 0 Å². The lowest BCUT2D eigenvalue weighted by molar-refractivity contribution is -0.149. The number of nitrogens with zero attached hydrogens (tertiary/aromatic N) is 1. The van der Waals surface area contributed by atoms with Crippen LogP contribution in [0.2, 0.25) is 0 Å². The van der Waals surface area contributed by atoms with Crippen molar-refractivity contribution in [1.82, 2.24) is 10.2 Å². The number of carbonyl (C=O) groups is 3. The number of nitrogens with one attached hydrogen (secondary N) is 1. The number of carbonyl (C=O) groups excluding carboxylic acids is 2. The van der Waals surface area contributed by atoms with E-state index in [0.717, 1.165) is 0 Å². The van der Waals surface area contributed by atoms with E-state index in [9.17, 15) is 14.4 Å². The fourth-order valence-electron chi connectivity index (χ4n) is 2.37. The fourth-order valence-corrected chi connectivity index (χ4v) is 2.37. The second kappa shape index (κ2) is 6.24. The normalized spacial score (nSPS) is 20.6. The Morgan fingerprint density at radius 2 is 1.95 bits per heavy atom. The monoisotopic (exact) mass is 284 g/mol. The lowest BCUT2D eigenvalue weighted by Crippen LogP contribution is -2.50. The van der Waals surface area contributed by atoms with Gasteiger partial charge in [-0.25, -0.2) is 4.79 Å². The van der Waals surface area contributed by atoms with Crippen LogP contribution in [0.4, 0.5) is 0 Å². The molecule has 0 radical (unpaired) electrons. The smallest absolute Gasteiger partial charge is 0.326 e. The molecule has 0 aromatic heterocycles. The maximum absolute atomic E-state index is 12.2. The Kier molecular flexibility index (Phi) is 5.14. The Balaban J connectivity index is 2.59. The molecule has 1 heterocycles. The zero-order valence-corrected chi connectivity index (χ0v) is 12.6. The molecule has 0 aromatic carbocycles. The number of likely N-dealkylation sites (tertiary alicyclic amines) is 1. The van der Waals surface area contributed by atoms with Gasteiger partial charge in [-0.15, -0.1) is 0 Å². The highest BCUT2D eigenvalue weighted by atomic mass is 16.4. The quantitative estimate of drug-likeness (QED) is 0.806. The van der Waals surface area contributed by atoms with Crippen LogP contribution in [-0.2, 0) is 14.4 Å². The Hall–Kier alpha value is -1.59. The van der Waals surface area contributed by atoms with E-state index in [2.05, 4.69) is 5.32 Å². The molecule has 1 aliphatic heterocycles. The highest BCUT2D eigenvalue weighted by molar-refractivity contribution is 5.90. The van der Waals surface area contributed by atoms with Gasteiger partial charge in [-0.3, -0.25) is 9.59 Å². The van der Waals surface area contributed by atoms with Crippen molar-refractivity contribution < 1.29 is 19.5 Å². The van der Waals surface area contributed by atoms with Crippen molar-refractivity contribution in [2.24, 2.45) is 5.41 Å². The van der Waals surface area contributed by atoms with Crippen LogP contribution in [0.25, 0.3) is 0 Å². The first kappa shape index (κ1) is 16.5. The molecule has 6 heteroatoms. The predicted molar refractivity (Wildman–Crippen MR) is 74.0 cm³/mol. The number of amides is 2. The Morgan fingerprint density at radius 3 is 2.45 bits per heavy atom. The molecule has 6 nitrogen and oxygen atoms in total. The molecule has 2 amide bonds. The summed E-state index contributed by atoms with van der Waals surface area (Å²) in [4.78, 5) is 36.4. The van der Waals surface area contributed by atoms with Crippen LogP contribution in [-0.4, -0.2) is 46.4 Å². The van der Waals surface area contributed by atoms with Crippen molar-refractivity contribution in [3.8, 4) is 0 Å². The van der Waals surface area contributed by atoms with Gasteiger partial charge in [-0.05, 0) is 25.2 Å². The molecule has 0 bridgehead atoms. The minimum atomic E-state index is -0.982. The van der Waals surface area contributed by atoms with E-state index >= 15 is 0 Å². The van der Waals surface area contributed by atoms with Crippen molar-refractivity contribution in [3.63, 3.8) is 0 Å². The van der Waals surface area contributed by atoms with E-state index in [1.165, 1.54) is 4.90 Å². The third kappa shape index (κ3) is 4.51. The van der Waals surface area contributed by atoms with Gasteiger partial charge >= 0.3 is 5.97 Å².